The van der Waals surface area contributed by atoms with E-state index < -0.39 is 36.0 Å². The maximum atomic E-state index is 11.5. The van der Waals surface area contributed by atoms with Crippen LogP contribution < -0.4 is 5.32 Å². The van der Waals surface area contributed by atoms with Crippen molar-refractivity contribution in [1.29, 1.82) is 0 Å². The number of nitrogens with one attached hydrogen (secondary N) is 1. The Morgan fingerprint density at radius 2 is 1.76 bits per heavy atom. The second-order valence-corrected chi connectivity index (χ2v) is 7.64. The van der Waals surface area contributed by atoms with E-state index in [1.807, 2.05) is 25.7 Å². The molecule has 0 spiro atoms. The van der Waals surface area contributed by atoms with Crippen LogP contribution in [0, 0.1) is 0 Å². The molecule has 0 saturated carbocycles. The minimum atomic E-state index is -1.22. The highest BCUT2D eigenvalue weighted by Gasteiger charge is 2.40. The Morgan fingerprint density at radius 3 is 2.36 bits per heavy atom. The molecule has 0 aromatic rings. The van der Waals surface area contributed by atoms with Gasteiger partial charge in [0.1, 0.15) is 17.8 Å². The fourth-order valence-corrected chi connectivity index (χ4v) is 2.93. The summed E-state index contributed by atoms with van der Waals surface area (Å²) in [7, 11) is 0. The fourth-order valence-electron chi connectivity index (χ4n) is 2.93. The Morgan fingerprint density at radius 1 is 1.12 bits per heavy atom. The first-order valence-corrected chi connectivity index (χ1v) is 9.01. The Hall–Kier alpha value is -0.930. The van der Waals surface area contributed by atoms with Crippen molar-refractivity contribution in [2.75, 3.05) is 26.2 Å². The number of carbonyl (C=O) groups is 1. The van der Waals surface area contributed by atoms with Crippen molar-refractivity contribution in [2.24, 2.45) is 0 Å². The highest BCUT2D eigenvalue weighted by molar-refractivity contribution is 5.67. The minimum absolute atomic E-state index is 0.240. The summed E-state index contributed by atoms with van der Waals surface area (Å²) in [6.07, 6.45) is -0.228. The van der Waals surface area contributed by atoms with Crippen LogP contribution in [0.15, 0.2) is 0 Å². The number of amides is 1. The van der Waals surface area contributed by atoms with Crippen LogP contribution in [0.25, 0.3) is 0 Å². The van der Waals surface area contributed by atoms with E-state index in [2.05, 4.69) is 5.32 Å². The van der Waals surface area contributed by atoms with Crippen molar-refractivity contribution in [3.8, 4) is 0 Å². The van der Waals surface area contributed by atoms with Gasteiger partial charge in [-0.25, -0.2) is 4.79 Å². The zero-order valence-electron chi connectivity index (χ0n) is 15.5. The molecule has 1 aliphatic heterocycles. The van der Waals surface area contributed by atoms with Crippen molar-refractivity contribution >= 4 is 6.09 Å². The van der Waals surface area contributed by atoms with Crippen molar-refractivity contribution in [3.05, 3.63) is 0 Å². The third-order valence-electron chi connectivity index (χ3n) is 4.26. The molecule has 0 aromatic heterocycles. The molecule has 5 N–H and O–H groups in total. The number of unbranched alkanes of at least 4 members (excludes halogenated alkanes) is 3. The van der Waals surface area contributed by atoms with Gasteiger partial charge in [0.2, 0.25) is 0 Å². The van der Waals surface area contributed by atoms with Gasteiger partial charge in [0.15, 0.2) is 0 Å². The lowest BCUT2D eigenvalue weighted by molar-refractivity contribution is -0.145. The van der Waals surface area contributed by atoms with Gasteiger partial charge < -0.3 is 30.5 Å². The molecule has 8 heteroatoms. The molecule has 0 unspecified atom stereocenters. The molecule has 0 radical (unpaired) electrons. The number of hydrogen-bond donors (Lipinski definition) is 5. The van der Waals surface area contributed by atoms with Crippen LogP contribution in [0.3, 0.4) is 0 Å². The highest BCUT2D eigenvalue weighted by atomic mass is 16.6. The van der Waals surface area contributed by atoms with Gasteiger partial charge >= 0.3 is 6.09 Å². The average Bonchev–Trinajstić information content (AvgIpc) is 2.50. The molecule has 1 rings (SSSR count). The summed E-state index contributed by atoms with van der Waals surface area (Å²) >= 11 is 0. The van der Waals surface area contributed by atoms with Crippen LogP contribution in [0.4, 0.5) is 4.79 Å². The van der Waals surface area contributed by atoms with Crippen LogP contribution >= 0.6 is 0 Å². The Kier molecular flexibility index (Phi) is 9.09. The summed E-state index contributed by atoms with van der Waals surface area (Å²) in [6.45, 7) is 6.63. The summed E-state index contributed by atoms with van der Waals surface area (Å²) in [6, 6.07) is -0.549. The zero-order chi connectivity index (χ0) is 19.0. The lowest BCUT2D eigenvalue weighted by Gasteiger charge is -2.43. The van der Waals surface area contributed by atoms with Crippen LogP contribution in [-0.2, 0) is 4.74 Å². The number of aliphatic hydroxyl groups is 4. The summed E-state index contributed by atoms with van der Waals surface area (Å²) in [5, 5.41) is 41.4. The maximum absolute atomic E-state index is 11.5. The smallest absolute Gasteiger partial charge is 0.407 e. The van der Waals surface area contributed by atoms with Gasteiger partial charge in [0, 0.05) is 13.1 Å². The second-order valence-electron chi connectivity index (χ2n) is 7.64. The molecule has 0 aromatic carbocycles. The number of β-amino-alcohol motifs (C(OH)–C–C–N with tert-alkyl or cyclic N) is 1. The summed E-state index contributed by atoms with van der Waals surface area (Å²) in [5.41, 5.74) is -0.496. The van der Waals surface area contributed by atoms with E-state index >= 15 is 0 Å². The fraction of sp³-hybridized carbons (Fsp3) is 0.941. The van der Waals surface area contributed by atoms with Crippen LogP contribution in [0.5, 0.6) is 0 Å². The van der Waals surface area contributed by atoms with Gasteiger partial charge in [-0.15, -0.1) is 0 Å². The molecule has 25 heavy (non-hydrogen) atoms. The number of rotatable bonds is 8. The third-order valence-corrected chi connectivity index (χ3v) is 4.26. The van der Waals surface area contributed by atoms with E-state index in [1.54, 1.807) is 0 Å². The molecule has 4 atom stereocenters. The van der Waals surface area contributed by atoms with E-state index in [1.165, 1.54) is 0 Å². The molecule has 1 amide bonds. The predicted octanol–water partition coefficient (Wildman–Crippen LogP) is -0.169. The van der Waals surface area contributed by atoms with Crippen LogP contribution in [0.2, 0.25) is 0 Å². The first-order chi connectivity index (χ1) is 11.7. The average molecular weight is 362 g/mol. The number of ether oxygens (including phenoxy) is 1. The molecular formula is C17H34N2O6. The van der Waals surface area contributed by atoms with Gasteiger partial charge in [-0.05, 0) is 40.2 Å². The van der Waals surface area contributed by atoms with Gasteiger partial charge in [-0.1, -0.05) is 12.8 Å². The van der Waals surface area contributed by atoms with E-state index in [0.29, 0.717) is 13.1 Å². The largest absolute Gasteiger partial charge is 0.444 e. The summed E-state index contributed by atoms with van der Waals surface area (Å²) in [5.74, 6) is 0. The topological polar surface area (TPSA) is 122 Å². The molecule has 1 fully saturated rings. The number of piperidine rings is 1. The molecule has 0 aliphatic carbocycles. The SMILES string of the molecule is CC(C)(C)OC(=O)NCCCCCCN1C[C@H](O)[C@@H](O)[C@H](O)[C@H]1CO. The number of likely N-dealkylation sites (tertiary alicyclic amines) is 1. The number of hydrogen-bond acceptors (Lipinski definition) is 7. The first kappa shape index (κ1) is 22.1. The quantitative estimate of drug-likeness (QED) is 0.380. The van der Waals surface area contributed by atoms with E-state index in [-0.39, 0.29) is 13.2 Å². The van der Waals surface area contributed by atoms with E-state index in [9.17, 15) is 25.2 Å². The number of aliphatic hydroxyl groups excluding tert-OH is 4. The van der Waals surface area contributed by atoms with E-state index in [0.717, 1.165) is 25.7 Å². The number of carbonyl (C=O) groups excluding carboxylic acids is 1. The Labute approximate surface area is 149 Å². The predicted molar refractivity (Wildman–Crippen MR) is 93.2 cm³/mol. The number of alkyl carbamates (subject to hydrolysis) is 1. The second kappa shape index (κ2) is 10.3. The molecule has 8 nitrogen and oxygen atoms in total. The molecule has 1 saturated heterocycles. The minimum Gasteiger partial charge on any atom is -0.444 e. The third kappa shape index (κ3) is 7.87. The van der Waals surface area contributed by atoms with Gasteiger partial charge in [0.25, 0.3) is 0 Å². The molecule has 148 valence electrons. The van der Waals surface area contributed by atoms with Crippen LogP contribution in [0.1, 0.15) is 46.5 Å². The van der Waals surface area contributed by atoms with E-state index in [4.69, 9.17) is 4.74 Å². The van der Waals surface area contributed by atoms with Gasteiger partial charge in [-0.3, -0.25) is 4.90 Å². The molecule has 1 aliphatic rings. The van der Waals surface area contributed by atoms with Crippen LogP contribution in [-0.4, -0.2) is 87.6 Å². The zero-order valence-corrected chi connectivity index (χ0v) is 15.5. The van der Waals surface area contributed by atoms with Crippen molar-refractivity contribution < 1.29 is 30.0 Å². The molecular weight excluding hydrogens is 328 g/mol. The summed E-state index contributed by atoms with van der Waals surface area (Å²) in [4.78, 5) is 13.3. The monoisotopic (exact) mass is 362 g/mol. The lowest BCUT2D eigenvalue weighted by Crippen LogP contribution is -2.62. The van der Waals surface area contributed by atoms with Gasteiger partial charge in [0.05, 0.1) is 18.8 Å². The normalized spacial score (nSPS) is 28.0. The lowest BCUT2D eigenvalue weighted by atomic mass is 9.94. The first-order valence-electron chi connectivity index (χ1n) is 9.01. The van der Waals surface area contributed by atoms with Gasteiger partial charge in [-0.2, -0.15) is 0 Å². The van der Waals surface area contributed by atoms with Crippen molar-refractivity contribution in [1.82, 2.24) is 10.2 Å². The highest BCUT2D eigenvalue weighted by Crippen LogP contribution is 2.19. The molecule has 1 heterocycles. The summed E-state index contributed by atoms with van der Waals surface area (Å²) < 4.78 is 5.15. The van der Waals surface area contributed by atoms with Crippen molar-refractivity contribution in [3.63, 3.8) is 0 Å². The maximum Gasteiger partial charge on any atom is 0.407 e. The Bertz CT molecular complexity index is 401. The standard InChI is InChI=1S/C17H34N2O6/c1-17(2,3)25-16(24)18-8-6-4-5-7-9-19-10-13(21)15(23)14(22)12(19)11-20/h12-15,20-23H,4-11H2,1-3H3,(H,18,24)/t12-,13+,14-,15-/m1/s1. The number of nitrogens with zero attached hydrogens (tertiary/aromatic N) is 1. The Balaban J connectivity index is 2.15. The van der Waals surface area contributed by atoms with Crippen molar-refractivity contribution in [2.45, 2.75) is 76.4 Å². The molecule has 0 bridgehead atoms.